The van der Waals surface area contributed by atoms with Gasteiger partial charge in [-0.25, -0.2) is 4.79 Å². The van der Waals surface area contributed by atoms with Gasteiger partial charge in [0.25, 0.3) is 0 Å². The van der Waals surface area contributed by atoms with Crippen LogP contribution in [0.1, 0.15) is 70.8 Å². The average Bonchev–Trinajstić information content (AvgIpc) is 2.88. The Kier molecular flexibility index (Phi) is 11.2. The van der Waals surface area contributed by atoms with Crippen molar-refractivity contribution in [2.45, 2.75) is 65.2 Å². The number of rotatable bonds is 15. The van der Waals surface area contributed by atoms with Gasteiger partial charge >= 0.3 is 5.97 Å². The van der Waals surface area contributed by atoms with Gasteiger partial charge in [0.1, 0.15) is 17.2 Å². The minimum atomic E-state index is -0.410. The summed E-state index contributed by atoms with van der Waals surface area (Å²) in [5.74, 6) is 1.83. The smallest absolute Gasteiger partial charge is 0.336 e. The van der Waals surface area contributed by atoms with E-state index in [-0.39, 0.29) is 0 Å². The topological polar surface area (TPSA) is 44.8 Å². The first-order chi connectivity index (χ1) is 17.2. The van der Waals surface area contributed by atoms with Crippen molar-refractivity contribution in [3.05, 3.63) is 72.3 Å². The minimum absolute atomic E-state index is 0.410. The van der Waals surface area contributed by atoms with Gasteiger partial charge in [-0.05, 0) is 71.7 Å². The van der Waals surface area contributed by atoms with Crippen LogP contribution in [0.5, 0.6) is 17.2 Å². The molecule has 0 N–H and O–H groups in total. The molecule has 0 unspecified atom stereocenters. The molecule has 0 aromatic heterocycles. The molecule has 4 nitrogen and oxygen atoms in total. The van der Waals surface area contributed by atoms with Gasteiger partial charge in [-0.3, -0.25) is 0 Å². The van der Waals surface area contributed by atoms with Crippen molar-refractivity contribution in [1.29, 1.82) is 0 Å². The molecule has 0 fully saturated rings. The maximum absolute atomic E-state index is 12.3. The fourth-order valence-corrected chi connectivity index (χ4v) is 3.78. The number of ether oxygens (including phenoxy) is 3. The van der Waals surface area contributed by atoms with E-state index in [1.165, 1.54) is 44.6 Å². The van der Waals surface area contributed by atoms with Gasteiger partial charge in [0.05, 0.1) is 13.2 Å². The molecule has 0 heterocycles. The summed E-state index contributed by atoms with van der Waals surface area (Å²) in [6, 6.07) is 19.3. The summed E-state index contributed by atoms with van der Waals surface area (Å²) in [7, 11) is 0. The lowest BCUT2D eigenvalue weighted by molar-refractivity contribution is -0.128. The Labute approximate surface area is 209 Å². The molecule has 0 saturated heterocycles. The fourth-order valence-electron chi connectivity index (χ4n) is 3.78. The van der Waals surface area contributed by atoms with Gasteiger partial charge in [-0.15, -0.1) is 0 Å². The summed E-state index contributed by atoms with van der Waals surface area (Å²) in [6.45, 7) is 5.87. The van der Waals surface area contributed by atoms with E-state index in [9.17, 15) is 4.79 Å². The quantitative estimate of drug-likeness (QED) is 0.0960. The highest BCUT2D eigenvalue weighted by molar-refractivity contribution is 5.90. The Hall–Kier alpha value is -3.27. The van der Waals surface area contributed by atoms with Crippen molar-refractivity contribution >= 4 is 22.8 Å². The van der Waals surface area contributed by atoms with E-state index in [0.717, 1.165) is 53.9 Å². The van der Waals surface area contributed by atoms with Gasteiger partial charge in [0.2, 0.25) is 0 Å². The van der Waals surface area contributed by atoms with Crippen molar-refractivity contribution in [2.24, 2.45) is 0 Å². The zero-order valence-corrected chi connectivity index (χ0v) is 21.1. The van der Waals surface area contributed by atoms with Crippen molar-refractivity contribution in [1.82, 2.24) is 0 Å². The molecule has 0 aliphatic rings. The molecule has 0 atom stereocenters. The van der Waals surface area contributed by atoms with Crippen LogP contribution < -0.4 is 14.2 Å². The number of carbonyl (C=O) groups excluding carboxylic acids is 1. The summed E-state index contributed by atoms with van der Waals surface area (Å²) in [6.07, 6.45) is 12.7. The molecule has 186 valence electrons. The average molecular weight is 475 g/mol. The van der Waals surface area contributed by atoms with E-state index in [2.05, 4.69) is 13.8 Å². The van der Waals surface area contributed by atoms with Gasteiger partial charge in [-0.2, -0.15) is 0 Å². The second-order valence-corrected chi connectivity index (χ2v) is 8.81. The van der Waals surface area contributed by atoms with Crippen LogP contribution in [-0.2, 0) is 4.79 Å². The second kappa shape index (κ2) is 14.9. The van der Waals surface area contributed by atoms with Crippen LogP contribution in [0.3, 0.4) is 0 Å². The molecule has 0 aliphatic heterocycles. The standard InChI is InChI=1S/C31H38O4/c1-3-5-7-8-10-22-33-28-16-11-25(12-17-28)13-20-31(32)35-30-19-15-26-23-29(18-14-27(26)24-30)34-21-9-6-4-2/h11-20,23-24H,3-10,21-22H2,1-2H3. The highest BCUT2D eigenvalue weighted by Crippen LogP contribution is 2.25. The number of hydrogen-bond donors (Lipinski definition) is 0. The SMILES string of the molecule is CCCCCCCOc1ccc(C=CC(=O)Oc2ccc3cc(OCCCCC)ccc3c2)cc1. The van der Waals surface area contributed by atoms with E-state index in [1.807, 2.05) is 60.7 Å². The zero-order chi connectivity index (χ0) is 24.7. The number of esters is 1. The Morgan fingerprint density at radius 2 is 1.20 bits per heavy atom. The molecule has 0 radical (unpaired) electrons. The van der Waals surface area contributed by atoms with Crippen LogP contribution in [0.25, 0.3) is 16.8 Å². The zero-order valence-electron chi connectivity index (χ0n) is 21.1. The van der Waals surface area contributed by atoms with Crippen LogP contribution in [0.2, 0.25) is 0 Å². The molecular weight excluding hydrogens is 436 g/mol. The van der Waals surface area contributed by atoms with E-state index < -0.39 is 5.97 Å². The number of benzene rings is 3. The van der Waals surface area contributed by atoms with Crippen molar-refractivity contribution in [3.63, 3.8) is 0 Å². The lowest BCUT2D eigenvalue weighted by Gasteiger charge is -2.08. The predicted molar refractivity (Wildman–Crippen MR) is 144 cm³/mol. The van der Waals surface area contributed by atoms with Crippen molar-refractivity contribution in [3.8, 4) is 17.2 Å². The number of hydrogen-bond acceptors (Lipinski definition) is 4. The second-order valence-electron chi connectivity index (χ2n) is 8.81. The van der Waals surface area contributed by atoms with E-state index in [0.29, 0.717) is 5.75 Å². The van der Waals surface area contributed by atoms with Gasteiger partial charge < -0.3 is 14.2 Å². The third kappa shape index (κ3) is 9.48. The molecule has 0 amide bonds. The van der Waals surface area contributed by atoms with Crippen molar-refractivity contribution in [2.75, 3.05) is 13.2 Å². The minimum Gasteiger partial charge on any atom is -0.494 e. The number of carbonyl (C=O) groups is 1. The van der Waals surface area contributed by atoms with Gasteiger partial charge in [0, 0.05) is 6.08 Å². The van der Waals surface area contributed by atoms with Crippen LogP contribution in [0.4, 0.5) is 0 Å². The van der Waals surface area contributed by atoms with Crippen LogP contribution >= 0.6 is 0 Å². The third-order valence-electron chi connectivity index (χ3n) is 5.83. The summed E-state index contributed by atoms with van der Waals surface area (Å²) in [5.41, 5.74) is 0.919. The van der Waals surface area contributed by atoms with Gasteiger partial charge in [-0.1, -0.05) is 76.6 Å². The highest BCUT2D eigenvalue weighted by Gasteiger charge is 2.04. The Bertz CT molecular complexity index is 1070. The van der Waals surface area contributed by atoms with Crippen LogP contribution in [-0.4, -0.2) is 19.2 Å². The van der Waals surface area contributed by atoms with E-state index in [1.54, 1.807) is 6.08 Å². The third-order valence-corrected chi connectivity index (χ3v) is 5.83. The Morgan fingerprint density at radius 3 is 1.91 bits per heavy atom. The fraction of sp³-hybridized carbons (Fsp3) is 0.387. The molecule has 0 bridgehead atoms. The highest BCUT2D eigenvalue weighted by atomic mass is 16.5. The van der Waals surface area contributed by atoms with Gasteiger partial charge in [0.15, 0.2) is 0 Å². The molecular formula is C31H38O4. The Balaban J connectivity index is 1.46. The first-order valence-electron chi connectivity index (χ1n) is 13.0. The largest absolute Gasteiger partial charge is 0.494 e. The van der Waals surface area contributed by atoms with E-state index in [4.69, 9.17) is 14.2 Å². The normalized spacial score (nSPS) is 11.1. The van der Waals surface area contributed by atoms with E-state index >= 15 is 0 Å². The molecule has 4 heteroatoms. The summed E-state index contributed by atoms with van der Waals surface area (Å²) >= 11 is 0. The lowest BCUT2D eigenvalue weighted by Crippen LogP contribution is -2.03. The monoisotopic (exact) mass is 474 g/mol. The molecule has 3 aromatic carbocycles. The maximum atomic E-state index is 12.3. The molecule has 0 spiro atoms. The molecule has 3 rings (SSSR count). The first-order valence-corrected chi connectivity index (χ1v) is 13.0. The summed E-state index contributed by atoms with van der Waals surface area (Å²) in [5, 5.41) is 2.05. The molecule has 3 aromatic rings. The van der Waals surface area contributed by atoms with Crippen LogP contribution in [0.15, 0.2) is 66.7 Å². The number of unbranched alkanes of at least 4 members (excludes halogenated alkanes) is 6. The first kappa shape index (κ1) is 26.3. The molecule has 0 saturated carbocycles. The van der Waals surface area contributed by atoms with Crippen molar-refractivity contribution < 1.29 is 19.0 Å². The summed E-state index contributed by atoms with van der Waals surface area (Å²) < 4.78 is 17.1. The Morgan fingerprint density at radius 1 is 0.657 bits per heavy atom. The number of fused-ring (bicyclic) bond motifs is 1. The lowest BCUT2D eigenvalue weighted by atomic mass is 10.1. The maximum Gasteiger partial charge on any atom is 0.336 e. The van der Waals surface area contributed by atoms with Crippen LogP contribution in [0, 0.1) is 0 Å². The molecule has 35 heavy (non-hydrogen) atoms. The summed E-state index contributed by atoms with van der Waals surface area (Å²) in [4.78, 5) is 12.3. The molecule has 0 aliphatic carbocycles. The predicted octanol–water partition coefficient (Wildman–Crippen LogP) is 8.38.